The van der Waals surface area contributed by atoms with Crippen molar-refractivity contribution < 1.29 is 27.2 Å². The molecule has 3 aromatic rings. The van der Waals surface area contributed by atoms with E-state index in [0.717, 1.165) is 35.6 Å². The number of nitrogens with zero attached hydrogens (tertiary/aromatic N) is 1. The van der Waals surface area contributed by atoms with E-state index in [4.69, 9.17) is 0 Å². The molecule has 0 fully saturated rings. The molecule has 2 heterocycles. The van der Waals surface area contributed by atoms with E-state index in [1.165, 1.54) is 6.07 Å². The smallest absolute Gasteiger partial charge is 0.282 e. The predicted octanol–water partition coefficient (Wildman–Crippen LogP) is 4.70. The van der Waals surface area contributed by atoms with E-state index in [-0.39, 0.29) is 17.0 Å². The maximum Gasteiger partial charge on any atom is 0.282 e. The van der Waals surface area contributed by atoms with Gasteiger partial charge >= 0.3 is 0 Å². The minimum absolute atomic E-state index is 0.0236. The first-order valence-corrected chi connectivity index (χ1v) is 9.09. The molecule has 0 radical (unpaired) electrons. The molecule has 0 bridgehead atoms. The first-order valence-electron chi connectivity index (χ1n) is 8.21. The number of amides is 2. The molecule has 29 heavy (non-hydrogen) atoms. The molecule has 1 aliphatic rings. The minimum Gasteiger partial charge on any atom is -0.350 e. The zero-order valence-corrected chi connectivity index (χ0v) is 15.2. The van der Waals surface area contributed by atoms with Gasteiger partial charge in [-0.25, -0.2) is 22.5 Å². The highest BCUT2D eigenvalue weighted by atomic mass is 32.1. The quantitative estimate of drug-likeness (QED) is 0.494. The van der Waals surface area contributed by atoms with Crippen molar-refractivity contribution in [3.8, 4) is 0 Å². The highest BCUT2D eigenvalue weighted by molar-refractivity contribution is 7.11. The third-order valence-corrected chi connectivity index (χ3v) is 5.08. The number of anilines is 2. The van der Waals surface area contributed by atoms with E-state index in [2.05, 4.69) is 5.32 Å². The van der Waals surface area contributed by atoms with Gasteiger partial charge in [0.1, 0.15) is 17.3 Å². The van der Waals surface area contributed by atoms with Gasteiger partial charge in [0.25, 0.3) is 11.8 Å². The number of thiophene rings is 1. The summed E-state index contributed by atoms with van der Waals surface area (Å²) >= 11 is 1.16. The van der Waals surface area contributed by atoms with Gasteiger partial charge in [-0.15, -0.1) is 11.3 Å². The fourth-order valence-electron chi connectivity index (χ4n) is 2.89. The van der Waals surface area contributed by atoms with Gasteiger partial charge in [-0.3, -0.25) is 9.59 Å². The van der Waals surface area contributed by atoms with E-state index < -0.39 is 40.8 Å². The van der Waals surface area contributed by atoms with Crippen molar-refractivity contribution in [1.82, 2.24) is 0 Å². The van der Waals surface area contributed by atoms with Crippen LogP contribution in [0.1, 0.15) is 4.88 Å². The summed E-state index contributed by atoms with van der Waals surface area (Å²) < 4.78 is 54.3. The number of carbonyl (C=O) groups excluding carboxylic acids is 2. The first-order chi connectivity index (χ1) is 13.9. The van der Waals surface area contributed by atoms with Crippen LogP contribution < -0.4 is 10.2 Å². The van der Waals surface area contributed by atoms with Gasteiger partial charge in [0, 0.05) is 22.7 Å². The van der Waals surface area contributed by atoms with Crippen LogP contribution in [0.25, 0.3) is 5.57 Å². The number of hydrogen-bond acceptors (Lipinski definition) is 4. The van der Waals surface area contributed by atoms with Gasteiger partial charge in [-0.2, -0.15) is 0 Å². The van der Waals surface area contributed by atoms with Gasteiger partial charge in [-0.1, -0.05) is 6.07 Å². The summed E-state index contributed by atoms with van der Waals surface area (Å²) in [6.45, 7) is 0. The summed E-state index contributed by atoms with van der Waals surface area (Å²) in [6.07, 6.45) is 0. The second-order valence-corrected chi connectivity index (χ2v) is 6.97. The SMILES string of the molecule is O=C1C(Nc2ccc(F)c(F)c2)=C(c2cccs2)C(=O)N1c1ccc(F)cc1F. The number of imide groups is 1. The molecule has 1 N–H and O–H groups in total. The maximum absolute atomic E-state index is 14.3. The lowest BCUT2D eigenvalue weighted by Gasteiger charge is -2.16. The van der Waals surface area contributed by atoms with Gasteiger partial charge in [0.2, 0.25) is 0 Å². The van der Waals surface area contributed by atoms with Crippen LogP contribution in [0.4, 0.5) is 28.9 Å². The van der Waals surface area contributed by atoms with Crippen LogP contribution in [0.5, 0.6) is 0 Å². The number of carbonyl (C=O) groups is 2. The van der Waals surface area contributed by atoms with Crippen LogP contribution in [-0.4, -0.2) is 11.8 Å². The normalized spacial score (nSPS) is 14.1. The summed E-state index contributed by atoms with van der Waals surface area (Å²) in [5.74, 6) is -5.91. The molecule has 4 rings (SSSR count). The van der Waals surface area contributed by atoms with E-state index in [1.54, 1.807) is 17.5 Å². The topological polar surface area (TPSA) is 49.4 Å². The van der Waals surface area contributed by atoms with E-state index in [0.29, 0.717) is 15.8 Å². The third-order valence-electron chi connectivity index (χ3n) is 4.19. The summed E-state index contributed by atoms with van der Waals surface area (Å²) in [5, 5.41) is 4.31. The van der Waals surface area contributed by atoms with Crippen LogP contribution >= 0.6 is 11.3 Å². The number of rotatable bonds is 4. The van der Waals surface area contributed by atoms with Crippen LogP contribution in [0.3, 0.4) is 0 Å². The van der Waals surface area contributed by atoms with Crippen molar-refractivity contribution in [2.24, 2.45) is 0 Å². The Balaban J connectivity index is 1.81. The number of benzene rings is 2. The number of hydrogen-bond donors (Lipinski definition) is 1. The Morgan fingerprint density at radius 1 is 0.828 bits per heavy atom. The van der Waals surface area contributed by atoms with Crippen molar-refractivity contribution in [3.05, 3.63) is 87.8 Å². The van der Waals surface area contributed by atoms with Crippen LogP contribution in [-0.2, 0) is 9.59 Å². The Labute approximate surface area is 165 Å². The van der Waals surface area contributed by atoms with Crippen LogP contribution in [0.15, 0.2) is 59.6 Å². The van der Waals surface area contributed by atoms with Crippen molar-refractivity contribution in [2.45, 2.75) is 0 Å². The maximum atomic E-state index is 14.3. The molecule has 1 aromatic heterocycles. The average molecular weight is 418 g/mol. The molecule has 1 aliphatic heterocycles. The Morgan fingerprint density at radius 2 is 1.62 bits per heavy atom. The van der Waals surface area contributed by atoms with Gasteiger partial charge in [0.05, 0.1) is 11.3 Å². The van der Waals surface area contributed by atoms with E-state index in [9.17, 15) is 27.2 Å². The minimum atomic E-state index is -1.15. The van der Waals surface area contributed by atoms with Gasteiger partial charge in [-0.05, 0) is 35.7 Å². The molecular formula is C20H10F4N2O2S. The molecule has 2 amide bonds. The molecular weight excluding hydrogens is 408 g/mol. The number of halogens is 4. The lowest BCUT2D eigenvalue weighted by atomic mass is 10.2. The molecule has 2 aromatic carbocycles. The third kappa shape index (κ3) is 3.29. The van der Waals surface area contributed by atoms with E-state index >= 15 is 0 Å². The Kier molecular flexibility index (Phi) is 4.67. The Hall–Kier alpha value is -3.46. The molecule has 9 heteroatoms. The summed E-state index contributed by atoms with van der Waals surface area (Å²) in [7, 11) is 0. The fraction of sp³-hybridized carbons (Fsp3) is 0. The second kappa shape index (κ2) is 7.17. The van der Waals surface area contributed by atoms with Crippen molar-refractivity contribution in [1.29, 1.82) is 0 Å². The number of nitrogens with one attached hydrogen (secondary N) is 1. The van der Waals surface area contributed by atoms with Crippen molar-refractivity contribution in [3.63, 3.8) is 0 Å². The zero-order valence-electron chi connectivity index (χ0n) is 14.4. The standard InChI is InChI=1S/C20H10F4N2O2S/c21-10-3-6-15(14(24)8-10)26-19(27)17(16-2-1-7-29-16)18(20(26)28)25-11-4-5-12(22)13(23)9-11/h1-9,25H. The molecule has 4 nitrogen and oxygen atoms in total. The van der Waals surface area contributed by atoms with Gasteiger partial charge < -0.3 is 5.32 Å². The Bertz CT molecular complexity index is 1180. The average Bonchev–Trinajstić information content (AvgIpc) is 3.27. The highest BCUT2D eigenvalue weighted by Gasteiger charge is 2.41. The van der Waals surface area contributed by atoms with Gasteiger partial charge in [0.15, 0.2) is 11.6 Å². The lowest BCUT2D eigenvalue weighted by molar-refractivity contribution is -0.120. The summed E-state index contributed by atoms with van der Waals surface area (Å²) in [6, 6.07) is 8.58. The summed E-state index contributed by atoms with van der Waals surface area (Å²) in [5.41, 5.74) is -0.682. The molecule has 0 saturated heterocycles. The summed E-state index contributed by atoms with van der Waals surface area (Å²) in [4.78, 5) is 27.0. The molecule has 0 unspecified atom stereocenters. The zero-order chi connectivity index (χ0) is 20.7. The first kappa shape index (κ1) is 18.9. The van der Waals surface area contributed by atoms with E-state index in [1.807, 2.05) is 0 Å². The lowest BCUT2D eigenvalue weighted by Crippen LogP contribution is -2.33. The van der Waals surface area contributed by atoms with Crippen molar-refractivity contribution in [2.75, 3.05) is 10.2 Å². The monoisotopic (exact) mass is 418 g/mol. The van der Waals surface area contributed by atoms with Crippen LogP contribution in [0, 0.1) is 23.3 Å². The molecule has 0 atom stereocenters. The molecule has 0 aliphatic carbocycles. The highest BCUT2D eigenvalue weighted by Crippen LogP contribution is 2.36. The molecule has 0 spiro atoms. The molecule has 0 saturated carbocycles. The predicted molar refractivity (Wildman–Crippen MR) is 100 cm³/mol. The van der Waals surface area contributed by atoms with Crippen LogP contribution in [0.2, 0.25) is 0 Å². The second-order valence-electron chi connectivity index (χ2n) is 6.02. The fourth-order valence-corrected chi connectivity index (χ4v) is 3.66. The van der Waals surface area contributed by atoms with Crippen molar-refractivity contribution >= 4 is 40.1 Å². The molecule has 146 valence electrons. The largest absolute Gasteiger partial charge is 0.350 e. The Morgan fingerprint density at radius 3 is 2.28 bits per heavy atom.